The molecule has 0 saturated heterocycles. The lowest BCUT2D eigenvalue weighted by atomic mass is 9.98. The zero-order valence-corrected chi connectivity index (χ0v) is 19.6. The number of halogens is 3. The molecule has 0 spiro atoms. The van der Waals surface area contributed by atoms with E-state index in [1.807, 2.05) is 0 Å². The Morgan fingerprint density at radius 3 is 1.93 bits per heavy atom. The van der Waals surface area contributed by atoms with Gasteiger partial charge in [-0.1, -0.05) is 99.5 Å². The van der Waals surface area contributed by atoms with Crippen LogP contribution in [0.5, 0.6) is 11.5 Å². The Balaban J connectivity index is 1.92. The van der Waals surface area contributed by atoms with Crippen molar-refractivity contribution in [1.82, 2.24) is 4.98 Å². The Hall–Kier alpha value is -1.36. The summed E-state index contributed by atoms with van der Waals surface area (Å²) in [4.78, 5) is 15.4. The average Bonchev–Trinajstić information content (AvgIpc) is 3.05. The monoisotopic (exact) mass is 473 g/mol. The van der Waals surface area contributed by atoms with Gasteiger partial charge in [0, 0.05) is 0 Å². The Kier molecular flexibility index (Phi) is 10.4. The van der Waals surface area contributed by atoms with E-state index < -0.39 is 11.5 Å². The second-order valence-corrected chi connectivity index (χ2v) is 8.89. The topological polar surface area (TPSA) is 73.3 Å². The van der Waals surface area contributed by atoms with Gasteiger partial charge in [-0.2, -0.15) is 0 Å². The predicted octanol–water partition coefficient (Wildman–Crippen LogP) is 8.08. The summed E-state index contributed by atoms with van der Waals surface area (Å²) in [6.07, 6.45) is 12.7. The number of aromatic amines is 1. The number of H-pyrrole nitrogens is 1. The van der Waals surface area contributed by atoms with Crippen molar-refractivity contribution >= 4 is 40.6 Å². The maximum Gasteiger partial charge on any atom is 0.216 e. The van der Waals surface area contributed by atoms with E-state index in [0.717, 1.165) is 19.3 Å². The molecule has 2 aromatic rings. The quantitative estimate of drug-likeness (QED) is 0.203. The minimum absolute atomic E-state index is 0.0296. The Morgan fingerprint density at radius 1 is 0.833 bits per heavy atom. The van der Waals surface area contributed by atoms with Crippen LogP contribution in [0.15, 0.2) is 12.1 Å². The van der Waals surface area contributed by atoms with E-state index in [9.17, 15) is 15.0 Å². The Labute approximate surface area is 193 Å². The maximum atomic E-state index is 12.8. The molecule has 30 heavy (non-hydrogen) atoms. The van der Waals surface area contributed by atoms with Crippen LogP contribution in [-0.4, -0.2) is 21.0 Å². The lowest BCUT2D eigenvalue weighted by molar-refractivity contribution is 0.102. The van der Waals surface area contributed by atoms with Crippen molar-refractivity contribution in [3.8, 4) is 11.5 Å². The summed E-state index contributed by atoms with van der Waals surface area (Å²) in [5.41, 5.74) is 0.381. The number of ketones is 1. The first-order valence-electron chi connectivity index (χ1n) is 10.7. The highest BCUT2D eigenvalue weighted by Crippen LogP contribution is 2.39. The van der Waals surface area contributed by atoms with Crippen molar-refractivity contribution in [3.05, 3.63) is 44.2 Å². The molecule has 0 fully saturated rings. The molecule has 0 aliphatic carbocycles. The van der Waals surface area contributed by atoms with Crippen molar-refractivity contribution < 1.29 is 15.0 Å². The molecule has 1 aromatic carbocycles. The first-order valence-corrected chi connectivity index (χ1v) is 11.8. The summed E-state index contributed by atoms with van der Waals surface area (Å²) >= 11 is 17.9. The standard InChI is InChI=1S/C23H30Cl3NO3/c1-2-3-4-5-6-7-8-9-10-11-12-15-13-16(24)21(29)19(20(15)28)22(30)18-14-17(25)23(26)27-18/h13-14,27-29H,2-12H2,1H3. The average molecular weight is 475 g/mol. The van der Waals surface area contributed by atoms with Crippen molar-refractivity contribution in [2.75, 3.05) is 0 Å². The second kappa shape index (κ2) is 12.5. The third-order valence-electron chi connectivity index (χ3n) is 5.30. The number of carbonyl (C=O) groups is 1. The van der Waals surface area contributed by atoms with Gasteiger partial charge < -0.3 is 15.2 Å². The fourth-order valence-corrected chi connectivity index (χ4v) is 4.09. The summed E-state index contributed by atoms with van der Waals surface area (Å²) in [5.74, 6) is -1.32. The SMILES string of the molecule is CCCCCCCCCCCCc1cc(Cl)c(O)c(C(=O)c2cc(Cl)c(Cl)[nH]2)c1O. The minimum Gasteiger partial charge on any atom is -0.507 e. The third kappa shape index (κ3) is 6.83. The molecular weight excluding hydrogens is 445 g/mol. The molecule has 4 nitrogen and oxygen atoms in total. The van der Waals surface area contributed by atoms with E-state index in [1.54, 1.807) is 0 Å². The molecule has 0 saturated carbocycles. The maximum absolute atomic E-state index is 12.8. The van der Waals surface area contributed by atoms with Gasteiger partial charge in [0.2, 0.25) is 5.78 Å². The van der Waals surface area contributed by atoms with Crippen LogP contribution in [0.1, 0.15) is 92.7 Å². The molecule has 3 N–H and O–H groups in total. The van der Waals surface area contributed by atoms with Crippen LogP contribution >= 0.6 is 34.8 Å². The van der Waals surface area contributed by atoms with E-state index in [0.29, 0.717) is 12.0 Å². The minimum atomic E-state index is -0.620. The van der Waals surface area contributed by atoms with Gasteiger partial charge in [-0.15, -0.1) is 0 Å². The van der Waals surface area contributed by atoms with E-state index in [1.165, 1.54) is 57.1 Å². The molecule has 0 radical (unpaired) electrons. The van der Waals surface area contributed by atoms with Crippen LogP contribution in [0.4, 0.5) is 0 Å². The highest BCUT2D eigenvalue weighted by atomic mass is 35.5. The van der Waals surface area contributed by atoms with Crippen molar-refractivity contribution in [2.45, 2.75) is 77.6 Å². The van der Waals surface area contributed by atoms with E-state index in [2.05, 4.69) is 11.9 Å². The summed E-state index contributed by atoms with van der Waals surface area (Å²) in [7, 11) is 0. The molecule has 7 heteroatoms. The summed E-state index contributed by atoms with van der Waals surface area (Å²) in [6, 6.07) is 2.87. The summed E-state index contributed by atoms with van der Waals surface area (Å²) in [5, 5.41) is 21.2. The number of phenols is 2. The number of phenolic OH excluding ortho intramolecular Hbond substituents is 2. The number of benzene rings is 1. The molecule has 0 aliphatic rings. The number of aromatic nitrogens is 1. The number of carbonyl (C=O) groups excluding carboxylic acids is 1. The zero-order chi connectivity index (χ0) is 22.1. The number of nitrogens with one attached hydrogen (secondary N) is 1. The molecule has 0 bridgehead atoms. The molecule has 0 amide bonds. The van der Waals surface area contributed by atoms with Gasteiger partial charge in [-0.05, 0) is 30.5 Å². The number of rotatable bonds is 13. The molecule has 166 valence electrons. The van der Waals surface area contributed by atoms with Gasteiger partial charge in [0.1, 0.15) is 22.2 Å². The van der Waals surface area contributed by atoms with Crippen molar-refractivity contribution in [3.63, 3.8) is 0 Å². The fourth-order valence-electron chi connectivity index (χ4n) is 3.55. The number of aromatic hydroxyl groups is 2. The zero-order valence-electron chi connectivity index (χ0n) is 17.4. The van der Waals surface area contributed by atoms with Crippen molar-refractivity contribution in [1.29, 1.82) is 0 Å². The van der Waals surface area contributed by atoms with Gasteiger partial charge in [0.05, 0.1) is 15.7 Å². The van der Waals surface area contributed by atoms with E-state index in [-0.39, 0.29) is 32.2 Å². The first kappa shape index (κ1) is 24.9. The van der Waals surface area contributed by atoms with Crippen LogP contribution in [0.3, 0.4) is 0 Å². The molecule has 1 aromatic heterocycles. The molecular formula is C23H30Cl3NO3. The summed E-state index contributed by atoms with van der Waals surface area (Å²) < 4.78 is 0. The number of aryl methyl sites for hydroxylation is 1. The Bertz CT molecular complexity index is 829. The first-order chi connectivity index (χ1) is 14.4. The van der Waals surface area contributed by atoms with Gasteiger partial charge in [-0.25, -0.2) is 0 Å². The van der Waals surface area contributed by atoms with Crippen LogP contribution in [0.25, 0.3) is 0 Å². The molecule has 1 heterocycles. The molecule has 2 rings (SSSR count). The molecule has 0 aliphatic heterocycles. The van der Waals surface area contributed by atoms with Crippen molar-refractivity contribution in [2.24, 2.45) is 0 Å². The molecule has 0 unspecified atom stereocenters. The largest absolute Gasteiger partial charge is 0.507 e. The lowest BCUT2D eigenvalue weighted by Crippen LogP contribution is -2.05. The molecule has 0 atom stereocenters. The van der Waals surface area contributed by atoms with E-state index >= 15 is 0 Å². The Morgan fingerprint density at radius 2 is 1.40 bits per heavy atom. The van der Waals surface area contributed by atoms with Gasteiger partial charge in [-0.3, -0.25) is 4.79 Å². The number of unbranched alkanes of at least 4 members (excludes halogenated alkanes) is 9. The van der Waals surface area contributed by atoms with Crippen LogP contribution in [0.2, 0.25) is 15.2 Å². The predicted molar refractivity (Wildman–Crippen MR) is 125 cm³/mol. The highest BCUT2D eigenvalue weighted by molar-refractivity contribution is 6.42. The lowest BCUT2D eigenvalue weighted by Gasteiger charge is -2.12. The van der Waals surface area contributed by atoms with Gasteiger partial charge in [0.15, 0.2) is 0 Å². The third-order valence-corrected chi connectivity index (χ3v) is 6.28. The van der Waals surface area contributed by atoms with Gasteiger partial charge >= 0.3 is 0 Å². The second-order valence-electron chi connectivity index (χ2n) is 7.70. The number of hydrogen-bond acceptors (Lipinski definition) is 3. The smallest absolute Gasteiger partial charge is 0.216 e. The van der Waals surface area contributed by atoms with Gasteiger partial charge in [0.25, 0.3) is 0 Å². The highest BCUT2D eigenvalue weighted by Gasteiger charge is 2.25. The van der Waals surface area contributed by atoms with E-state index in [4.69, 9.17) is 34.8 Å². The van der Waals surface area contributed by atoms with Crippen LogP contribution in [-0.2, 0) is 6.42 Å². The fraction of sp³-hybridized carbons (Fsp3) is 0.522. The van der Waals surface area contributed by atoms with Crippen LogP contribution < -0.4 is 0 Å². The normalized spacial score (nSPS) is 11.2. The summed E-state index contributed by atoms with van der Waals surface area (Å²) in [6.45, 7) is 2.23. The number of hydrogen-bond donors (Lipinski definition) is 3. The van der Waals surface area contributed by atoms with Crippen LogP contribution in [0, 0.1) is 0 Å².